The summed E-state index contributed by atoms with van der Waals surface area (Å²) in [5.74, 6) is -2.63. The maximum atomic E-state index is 11.9. The molecule has 0 amide bonds. The summed E-state index contributed by atoms with van der Waals surface area (Å²) in [6.07, 6.45) is 3.36. The number of esters is 2. The first-order valence-electron chi connectivity index (χ1n) is 7.26. The smallest absolute Gasteiger partial charge is 0.350 e. The van der Waals surface area contributed by atoms with Crippen molar-refractivity contribution >= 4 is 28.5 Å². The Morgan fingerprint density at radius 1 is 1.17 bits per heavy atom. The third kappa shape index (κ3) is 2.79. The van der Waals surface area contributed by atoms with E-state index in [9.17, 15) is 9.59 Å². The minimum atomic E-state index is -1.23. The number of aromatic nitrogens is 1. The third-order valence-corrected chi connectivity index (χ3v) is 3.69. The van der Waals surface area contributed by atoms with Crippen molar-refractivity contribution in [3.63, 3.8) is 0 Å². The first-order chi connectivity index (χ1) is 10.8. The molecule has 6 nitrogen and oxygen atoms in total. The molecule has 1 saturated heterocycles. The van der Waals surface area contributed by atoms with Crippen LogP contribution in [0.4, 0.5) is 5.69 Å². The SMILES string of the molecule is Cc1cn(C)c2cc(NC=C3C(=O)OC(C)(C)OC3=O)ccc12. The second-order valence-corrected chi connectivity index (χ2v) is 6.04. The van der Waals surface area contributed by atoms with Gasteiger partial charge in [0.05, 0.1) is 5.52 Å². The predicted molar refractivity (Wildman–Crippen MR) is 85.6 cm³/mol. The van der Waals surface area contributed by atoms with Crippen LogP contribution in [-0.2, 0) is 26.1 Å². The number of ether oxygens (including phenoxy) is 2. The Labute approximate surface area is 133 Å². The summed E-state index contributed by atoms with van der Waals surface area (Å²) < 4.78 is 12.1. The van der Waals surface area contributed by atoms with E-state index in [1.165, 1.54) is 25.6 Å². The molecule has 23 heavy (non-hydrogen) atoms. The van der Waals surface area contributed by atoms with Gasteiger partial charge in [0.25, 0.3) is 5.79 Å². The topological polar surface area (TPSA) is 69.6 Å². The molecule has 3 rings (SSSR count). The van der Waals surface area contributed by atoms with Crippen LogP contribution in [0.2, 0.25) is 0 Å². The molecule has 0 radical (unpaired) electrons. The highest BCUT2D eigenvalue weighted by Gasteiger charge is 2.38. The molecule has 120 valence electrons. The van der Waals surface area contributed by atoms with Gasteiger partial charge in [-0.25, -0.2) is 9.59 Å². The standard InChI is InChI=1S/C17H18N2O4/c1-10-9-19(4)14-7-11(5-6-12(10)14)18-8-13-15(20)22-17(2,3)23-16(13)21/h5-9,18H,1-4H3. The Morgan fingerprint density at radius 3 is 2.48 bits per heavy atom. The summed E-state index contributed by atoms with van der Waals surface area (Å²) in [6.45, 7) is 5.07. The van der Waals surface area contributed by atoms with E-state index in [2.05, 4.69) is 5.32 Å². The van der Waals surface area contributed by atoms with Gasteiger partial charge in [0, 0.05) is 44.4 Å². The van der Waals surface area contributed by atoms with Crippen LogP contribution in [0.25, 0.3) is 10.9 Å². The lowest BCUT2D eigenvalue weighted by molar-refractivity contribution is -0.222. The van der Waals surface area contributed by atoms with Gasteiger partial charge in [-0.3, -0.25) is 0 Å². The Bertz CT molecular complexity index is 824. The van der Waals surface area contributed by atoms with Gasteiger partial charge in [-0.05, 0) is 24.6 Å². The van der Waals surface area contributed by atoms with Crippen molar-refractivity contribution in [2.75, 3.05) is 5.32 Å². The number of rotatable bonds is 2. The van der Waals surface area contributed by atoms with Crippen LogP contribution in [0.1, 0.15) is 19.4 Å². The fourth-order valence-corrected chi connectivity index (χ4v) is 2.61. The van der Waals surface area contributed by atoms with Crippen LogP contribution in [0.5, 0.6) is 0 Å². The number of anilines is 1. The molecule has 0 unspecified atom stereocenters. The minimum absolute atomic E-state index is 0.160. The second-order valence-electron chi connectivity index (χ2n) is 6.04. The second kappa shape index (κ2) is 5.15. The molecule has 1 aromatic carbocycles. The van der Waals surface area contributed by atoms with Gasteiger partial charge < -0.3 is 19.4 Å². The monoisotopic (exact) mass is 314 g/mol. The summed E-state index contributed by atoms with van der Waals surface area (Å²) in [5, 5.41) is 4.11. The van der Waals surface area contributed by atoms with Crippen LogP contribution in [0.3, 0.4) is 0 Å². The van der Waals surface area contributed by atoms with Crippen LogP contribution in [0.15, 0.2) is 36.2 Å². The number of benzene rings is 1. The minimum Gasteiger partial charge on any atom is -0.419 e. The number of aryl methyl sites for hydroxylation is 2. The quantitative estimate of drug-likeness (QED) is 0.524. The van der Waals surface area contributed by atoms with E-state index >= 15 is 0 Å². The van der Waals surface area contributed by atoms with Crippen molar-refractivity contribution in [1.29, 1.82) is 0 Å². The highest BCUT2D eigenvalue weighted by Crippen LogP contribution is 2.25. The Hall–Kier alpha value is -2.76. The first kappa shape index (κ1) is 15.1. The normalized spacial score (nSPS) is 17.0. The van der Waals surface area contributed by atoms with Gasteiger partial charge in [0.15, 0.2) is 5.57 Å². The zero-order chi connectivity index (χ0) is 16.8. The summed E-state index contributed by atoms with van der Waals surface area (Å²) in [4.78, 5) is 23.8. The Balaban J connectivity index is 1.86. The van der Waals surface area contributed by atoms with E-state index in [-0.39, 0.29) is 5.57 Å². The number of carbonyl (C=O) groups is 2. The highest BCUT2D eigenvalue weighted by atomic mass is 16.7. The number of carbonyl (C=O) groups excluding carboxylic acids is 2. The van der Waals surface area contributed by atoms with E-state index in [0.29, 0.717) is 0 Å². The van der Waals surface area contributed by atoms with Crippen molar-refractivity contribution in [1.82, 2.24) is 4.57 Å². The highest BCUT2D eigenvalue weighted by molar-refractivity contribution is 6.15. The molecular formula is C17H18N2O4. The number of nitrogens with one attached hydrogen (secondary N) is 1. The zero-order valence-electron chi connectivity index (χ0n) is 13.5. The average molecular weight is 314 g/mol. The molecule has 2 aromatic rings. The number of cyclic esters (lactones) is 2. The van der Waals surface area contributed by atoms with Crippen molar-refractivity contribution in [2.24, 2.45) is 7.05 Å². The van der Waals surface area contributed by atoms with E-state index in [0.717, 1.165) is 16.6 Å². The third-order valence-electron chi connectivity index (χ3n) is 3.69. The molecule has 6 heteroatoms. The van der Waals surface area contributed by atoms with Crippen LogP contribution in [0, 0.1) is 6.92 Å². The predicted octanol–water partition coefficient (Wildman–Crippen LogP) is 2.62. The lowest BCUT2D eigenvalue weighted by Crippen LogP contribution is -2.42. The van der Waals surface area contributed by atoms with Crippen molar-refractivity contribution in [2.45, 2.75) is 26.6 Å². The summed E-state index contributed by atoms with van der Waals surface area (Å²) in [6, 6.07) is 5.82. The van der Waals surface area contributed by atoms with Gasteiger partial charge in [-0.1, -0.05) is 6.07 Å². The lowest BCUT2D eigenvalue weighted by atomic mass is 10.2. The zero-order valence-corrected chi connectivity index (χ0v) is 13.5. The van der Waals surface area contributed by atoms with Gasteiger partial charge in [-0.2, -0.15) is 0 Å². The van der Waals surface area contributed by atoms with Crippen LogP contribution < -0.4 is 5.32 Å². The molecule has 2 heterocycles. The van der Waals surface area contributed by atoms with Crippen LogP contribution in [-0.4, -0.2) is 22.3 Å². The molecule has 1 aliphatic rings. The van der Waals surface area contributed by atoms with Crippen molar-refractivity contribution in [3.8, 4) is 0 Å². The van der Waals surface area contributed by atoms with Gasteiger partial charge in [-0.15, -0.1) is 0 Å². The average Bonchev–Trinajstić information content (AvgIpc) is 2.71. The Morgan fingerprint density at radius 2 is 1.83 bits per heavy atom. The molecular weight excluding hydrogens is 296 g/mol. The molecule has 0 spiro atoms. The lowest BCUT2D eigenvalue weighted by Gasteiger charge is -2.29. The molecule has 0 atom stereocenters. The molecule has 0 aliphatic carbocycles. The molecule has 0 bridgehead atoms. The largest absolute Gasteiger partial charge is 0.419 e. The maximum absolute atomic E-state index is 11.9. The van der Waals surface area contributed by atoms with Gasteiger partial charge in [0.1, 0.15) is 0 Å². The molecule has 1 N–H and O–H groups in total. The molecule has 1 aromatic heterocycles. The number of fused-ring (bicyclic) bond motifs is 1. The number of hydrogen-bond donors (Lipinski definition) is 1. The fourth-order valence-electron chi connectivity index (χ4n) is 2.61. The van der Waals surface area contributed by atoms with Crippen LogP contribution >= 0.6 is 0 Å². The van der Waals surface area contributed by atoms with Gasteiger partial charge in [0.2, 0.25) is 0 Å². The number of nitrogens with zero attached hydrogens (tertiary/aromatic N) is 1. The summed E-state index contributed by atoms with van der Waals surface area (Å²) in [5.41, 5.74) is 2.85. The Kier molecular flexibility index (Phi) is 3.39. The molecule has 0 saturated carbocycles. The van der Waals surface area contributed by atoms with E-state index in [1.54, 1.807) is 0 Å². The summed E-state index contributed by atoms with van der Waals surface area (Å²) >= 11 is 0. The van der Waals surface area contributed by atoms with Gasteiger partial charge >= 0.3 is 11.9 Å². The fraction of sp³-hybridized carbons (Fsp3) is 0.294. The van der Waals surface area contributed by atoms with Crippen molar-refractivity contribution < 1.29 is 19.1 Å². The maximum Gasteiger partial charge on any atom is 0.350 e. The summed E-state index contributed by atoms with van der Waals surface area (Å²) in [7, 11) is 1.97. The van der Waals surface area contributed by atoms with E-state index in [4.69, 9.17) is 9.47 Å². The van der Waals surface area contributed by atoms with E-state index in [1.807, 2.05) is 42.9 Å². The van der Waals surface area contributed by atoms with E-state index < -0.39 is 17.7 Å². The molecule has 1 aliphatic heterocycles. The van der Waals surface area contributed by atoms with Crippen molar-refractivity contribution in [3.05, 3.63) is 41.7 Å². The number of hydrogen-bond acceptors (Lipinski definition) is 5. The first-order valence-corrected chi connectivity index (χ1v) is 7.26. The molecule has 1 fully saturated rings.